The minimum atomic E-state index is 0.138. The number of piperidine rings is 1. The van der Waals surface area contributed by atoms with Gasteiger partial charge < -0.3 is 9.80 Å². The molecular formula is C23H35BrN4O2. The SMILES string of the molecule is CC1CC(C)CN(C(=O)CN2CCN(CC(=O)N(C)Cc3ccc(Br)cc3)CC2)C1. The molecule has 3 rings (SSSR count). The summed E-state index contributed by atoms with van der Waals surface area (Å²) in [6, 6.07) is 8.07. The van der Waals surface area contributed by atoms with Crippen LogP contribution in [0, 0.1) is 11.8 Å². The summed E-state index contributed by atoms with van der Waals surface area (Å²) in [4.78, 5) is 33.6. The summed E-state index contributed by atoms with van der Waals surface area (Å²) < 4.78 is 1.04. The summed E-state index contributed by atoms with van der Waals surface area (Å²) in [5.41, 5.74) is 1.12. The van der Waals surface area contributed by atoms with Crippen molar-refractivity contribution in [3.05, 3.63) is 34.3 Å². The Morgan fingerprint density at radius 3 is 2.07 bits per heavy atom. The molecule has 1 aromatic carbocycles. The van der Waals surface area contributed by atoms with E-state index < -0.39 is 0 Å². The van der Waals surface area contributed by atoms with Crippen molar-refractivity contribution in [2.75, 3.05) is 59.4 Å². The summed E-state index contributed by atoms with van der Waals surface area (Å²) in [6.45, 7) is 11.2. The molecule has 6 nitrogen and oxygen atoms in total. The number of hydrogen-bond donors (Lipinski definition) is 0. The van der Waals surface area contributed by atoms with E-state index in [0.29, 0.717) is 31.5 Å². The van der Waals surface area contributed by atoms with Gasteiger partial charge in [-0.1, -0.05) is 41.9 Å². The molecule has 0 spiro atoms. The van der Waals surface area contributed by atoms with E-state index >= 15 is 0 Å². The van der Waals surface area contributed by atoms with Crippen LogP contribution in [0.5, 0.6) is 0 Å². The van der Waals surface area contributed by atoms with E-state index in [-0.39, 0.29) is 11.8 Å². The van der Waals surface area contributed by atoms with Crippen LogP contribution < -0.4 is 0 Å². The third kappa shape index (κ3) is 6.79. The molecule has 0 bridgehead atoms. The highest BCUT2D eigenvalue weighted by molar-refractivity contribution is 9.10. The summed E-state index contributed by atoms with van der Waals surface area (Å²) in [5.74, 6) is 1.58. The largest absolute Gasteiger partial charge is 0.341 e. The van der Waals surface area contributed by atoms with Gasteiger partial charge in [0.25, 0.3) is 0 Å². The molecule has 2 atom stereocenters. The molecule has 2 aliphatic heterocycles. The van der Waals surface area contributed by atoms with Gasteiger partial charge in [-0.3, -0.25) is 19.4 Å². The maximum Gasteiger partial charge on any atom is 0.236 e. The summed E-state index contributed by atoms with van der Waals surface area (Å²) in [7, 11) is 1.86. The lowest BCUT2D eigenvalue weighted by atomic mass is 9.92. The van der Waals surface area contributed by atoms with Gasteiger partial charge in [0.2, 0.25) is 11.8 Å². The second-order valence-electron chi connectivity index (χ2n) is 9.17. The molecule has 2 fully saturated rings. The van der Waals surface area contributed by atoms with Crippen LogP contribution in [0.1, 0.15) is 25.8 Å². The number of rotatable bonds is 6. The number of likely N-dealkylation sites (tertiary alicyclic amines) is 1. The molecule has 166 valence electrons. The van der Waals surface area contributed by atoms with Gasteiger partial charge in [-0.15, -0.1) is 0 Å². The highest BCUT2D eigenvalue weighted by Crippen LogP contribution is 2.21. The van der Waals surface area contributed by atoms with Gasteiger partial charge in [0.05, 0.1) is 13.1 Å². The first-order valence-corrected chi connectivity index (χ1v) is 11.8. The Kier molecular flexibility index (Phi) is 8.31. The van der Waals surface area contributed by atoms with E-state index in [1.807, 2.05) is 36.2 Å². The van der Waals surface area contributed by atoms with Crippen molar-refractivity contribution in [2.45, 2.75) is 26.8 Å². The number of amides is 2. The molecule has 0 radical (unpaired) electrons. The van der Waals surface area contributed by atoms with E-state index in [0.717, 1.165) is 49.3 Å². The van der Waals surface area contributed by atoms with Crippen LogP contribution in [0.15, 0.2) is 28.7 Å². The minimum Gasteiger partial charge on any atom is -0.341 e. The Bertz CT molecular complexity index is 708. The predicted molar refractivity (Wildman–Crippen MR) is 123 cm³/mol. The van der Waals surface area contributed by atoms with Crippen molar-refractivity contribution in [3.8, 4) is 0 Å². The number of carbonyl (C=O) groups is 2. The highest BCUT2D eigenvalue weighted by Gasteiger charge is 2.28. The maximum absolute atomic E-state index is 12.7. The third-order valence-corrected chi connectivity index (χ3v) is 6.69. The highest BCUT2D eigenvalue weighted by atomic mass is 79.9. The van der Waals surface area contributed by atoms with E-state index in [2.05, 4.69) is 39.6 Å². The molecule has 2 unspecified atom stereocenters. The van der Waals surface area contributed by atoms with Gasteiger partial charge in [-0.25, -0.2) is 0 Å². The zero-order valence-corrected chi connectivity index (χ0v) is 20.1. The Labute approximate surface area is 189 Å². The van der Waals surface area contributed by atoms with E-state index in [4.69, 9.17) is 0 Å². The summed E-state index contributed by atoms with van der Waals surface area (Å²) >= 11 is 3.44. The lowest BCUT2D eigenvalue weighted by Gasteiger charge is -2.38. The molecule has 0 N–H and O–H groups in total. The number of halogens is 1. The number of piperazine rings is 1. The van der Waals surface area contributed by atoms with Crippen LogP contribution in [-0.2, 0) is 16.1 Å². The molecule has 2 saturated heterocycles. The average Bonchev–Trinajstić information content (AvgIpc) is 2.70. The van der Waals surface area contributed by atoms with Crippen molar-refractivity contribution in [1.29, 1.82) is 0 Å². The van der Waals surface area contributed by atoms with Crippen molar-refractivity contribution < 1.29 is 9.59 Å². The fourth-order valence-electron chi connectivity index (χ4n) is 4.53. The maximum atomic E-state index is 12.7. The van der Waals surface area contributed by atoms with Crippen molar-refractivity contribution in [2.24, 2.45) is 11.8 Å². The summed E-state index contributed by atoms with van der Waals surface area (Å²) in [5, 5.41) is 0. The Hall–Kier alpha value is -1.44. The van der Waals surface area contributed by atoms with Gasteiger partial charge in [-0.2, -0.15) is 0 Å². The standard InChI is InChI=1S/C23H35BrN4O2/c1-18-12-19(2)14-28(13-18)23(30)17-27-10-8-26(9-11-27)16-22(29)25(3)15-20-4-6-21(24)7-5-20/h4-7,18-19H,8-17H2,1-3H3. The first kappa shape index (κ1) is 23.2. The van der Waals surface area contributed by atoms with E-state index in [1.54, 1.807) is 4.90 Å². The topological polar surface area (TPSA) is 47.1 Å². The number of nitrogens with zero attached hydrogens (tertiary/aromatic N) is 4. The first-order chi connectivity index (χ1) is 14.3. The van der Waals surface area contributed by atoms with Crippen LogP contribution in [0.2, 0.25) is 0 Å². The third-order valence-electron chi connectivity index (χ3n) is 6.16. The lowest BCUT2D eigenvalue weighted by Crippen LogP contribution is -2.53. The Morgan fingerprint density at radius 1 is 0.967 bits per heavy atom. The van der Waals surface area contributed by atoms with Gasteiger partial charge in [0.15, 0.2) is 0 Å². The molecule has 30 heavy (non-hydrogen) atoms. The molecule has 2 aliphatic rings. The van der Waals surface area contributed by atoms with Crippen LogP contribution in [0.25, 0.3) is 0 Å². The van der Waals surface area contributed by atoms with Gasteiger partial charge in [0.1, 0.15) is 0 Å². The number of carbonyl (C=O) groups excluding carboxylic acids is 2. The molecule has 2 heterocycles. The van der Waals surface area contributed by atoms with Gasteiger partial charge >= 0.3 is 0 Å². The van der Waals surface area contributed by atoms with E-state index in [1.165, 1.54) is 6.42 Å². The van der Waals surface area contributed by atoms with Crippen molar-refractivity contribution in [1.82, 2.24) is 19.6 Å². The van der Waals surface area contributed by atoms with Gasteiger partial charge in [-0.05, 0) is 36.0 Å². The monoisotopic (exact) mass is 478 g/mol. The predicted octanol–water partition coefficient (Wildman–Crippen LogP) is 2.53. The lowest BCUT2D eigenvalue weighted by molar-refractivity contribution is -0.136. The fraction of sp³-hybridized carbons (Fsp3) is 0.652. The molecular weight excluding hydrogens is 444 g/mol. The van der Waals surface area contributed by atoms with Crippen molar-refractivity contribution in [3.63, 3.8) is 0 Å². The number of likely N-dealkylation sites (N-methyl/N-ethyl adjacent to an activating group) is 1. The smallest absolute Gasteiger partial charge is 0.236 e. The zero-order chi connectivity index (χ0) is 21.7. The molecule has 7 heteroatoms. The summed E-state index contributed by atoms with van der Waals surface area (Å²) in [6.07, 6.45) is 1.22. The van der Waals surface area contributed by atoms with E-state index in [9.17, 15) is 9.59 Å². The minimum absolute atomic E-state index is 0.138. The quantitative estimate of drug-likeness (QED) is 0.630. The molecule has 0 aromatic heterocycles. The van der Waals surface area contributed by atoms with Crippen molar-refractivity contribution >= 4 is 27.7 Å². The average molecular weight is 479 g/mol. The van der Waals surface area contributed by atoms with Crippen LogP contribution in [-0.4, -0.2) is 90.8 Å². The Balaban J connectivity index is 1.39. The second-order valence-corrected chi connectivity index (χ2v) is 10.1. The molecule has 2 amide bonds. The fourth-order valence-corrected chi connectivity index (χ4v) is 4.79. The number of benzene rings is 1. The molecule has 1 aromatic rings. The van der Waals surface area contributed by atoms with Crippen LogP contribution in [0.3, 0.4) is 0 Å². The second kappa shape index (κ2) is 10.7. The first-order valence-electron chi connectivity index (χ1n) is 11.0. The number of hydrogen-bond acceptors (Lipinski definition) is 4. The molecule has 0 aliphatic carbocycles. The molecule has 0 saturated carbocycles. The Morgan fingerprint density at radius 2 is 1.50 bits per heavy atom. The van der Waals surface area contributed by atoms with Crippen LogP contribution in [0.4, 0.5) is 0 Å². The zero-order valence-electron chi connectivity index (χ0n) is 18.5. The van der Waals surface area contributed by atoms with Gasteiger partial charge in [0, 0.05) is 57.3 Å². The normalized spacial score (nSPS) is 23.4. The van der Waals surface area contributed by atoms with Crippen LogP contribution >= 0.6 is 15.9 Å².